The summed E-state index contributed by atoms with van der Waals surface area (Å²) in [4.78, 5) is 29.7. The molecule has 7 nitrogen and oxygen atoms in total. The van der Waals surface area contributed by atoms with Crippen molar-refractivity contribution in [2.24, 2.45) is 5.92 Å². The monoisotopic (exact) mass is 360 g/mol. The van der Waals surface area contributed by atoms with Crippen LogP contribution >= 0.6 is 0 Å². The highest BCUT2D eigenvalue weighted by molar-refractivity contribution is 5.86. The predicted octanol–water partition coefficient (Wildman–Crippen LogP) is 2.91. The van der Waals surface area contributed by atoms with Crippen LogP contribution in [0.2, 0.25) is 0 Å². The third-order valence-electron chi connectivity index (χ3n) is 3.71. The van der Waals surface area contributed by atoms with E-state index in [1.54, 1.807) is 17.0 Å². The molecule has 0 aliphatic carbocycles. The molecule has 2 rings (SSSR count). The topological polar surface area (TPSA) is 81.9 Å². The van der Waals surface area contributed by atoms with Crippen LogP contribution in [0.1, 0.15) is 36.6 Å². The first-order valence-corrected chi connectivity index (χ1v) is 8.48. The maximum atomic E-state index is 12.6. The summed E-state index contributed by atoms with van der Waals surface area (Å²) >= 11 is 0. The molecular weight excluding hydrogens is 336 g/mol. The average Bonchev–Trinajstić information content (AvgIpc) is 3.11. The van der Waals surface area contributed by atoms with Gasteiger partial charge in [-0.1, -0.05) is 32.0 Å². The lowest BCUT2D eigenvalue weighted by Gasteiger charge is -2.22. The molecule has 0 N–H and O–H groups in total. The Morgan fingerprint density at radius 1 is 1.23 bits per heavy atom. The van der Waals surface area contributed by atoms with Gasteiger partial charge in [0, 0.05) is 6.54 Å². The molecular formula is C19H24N2O5. The number of methoxy groups -OCH3 is 1. The second-order valence-electron chi connectivity index (χ2n) is 6.22. The van der Waals surface area contributed by atoms with Gasteiger partial charge in [0.2, 0.25) is 5.89 Å². The normalized spacial score (nSPS) is 10.6. The molecule has 1 amide bonds. The fraction of sp³-hybridized carbons (Fsp3) is 0.421. The summed E-state index contributed by atoms with van der Waals surface area (Å²) in [7, 11) is 1.27. The molecule has 0 aliphatic heterocycles. The van der Waals surface area contributed by atoms with Crippen molar-refractivity contribution in [3.63, 3.8) is 0 Å². The van der Waals surface area contributed by atoms with Crippen LogP contribution in [0.5, 0.6) is 5.75 Å². The molecule has 0 fully saturated rings. The van der Waals surface area contributed by atoms with Gasteiger partial charge in [-0.05, 0) is 24.5 Å². The zero-order valence-electron chi connectivity index (χ0n) is 15.3. The maximum absolute atomic E-state index is 12.6. The van der Waals surface area contributed by atoms with E-state index in [1.807, 2.05) is 18.2 Å². The predicted molar refractivity (Wildman–Crippen MR) is 94.7 cm³/mol. The molecule has 0 atom stereocenters. The molecule has 0 unspecified atom stereocenters. The highest BCUT2D eigenvalue weighted by Gasteiger charge is 2.19. The molecule has 2 aromatic rings. The molecule has 7 heteroatoms. The quantitative estimate of drug-likeness (QED) is 0.640. The van der Waals surface area contributed by atoms with Gasteiger partial charge in [0.1, 0.15) is 12.0 Å². The van der Waals surface area contributed by atoms with Crippen molar-refractivity contribution < 1.29 is 23.5 Å². The number of aromatic nitrogens is 1. The number of carbonyl (C=O) groups excluding carboxylic acids is 2. The summed E-state index contributed by atoms with van der Waals surface area (Å²) in [5.74, 6) is 0.603. The van der Waals surface area contributed by atoms with Crippen LogP contribution < -0.4 is 4.74 Å². The first-order chi connectivity index (χ1) is 12.5. The van der Waals surface area contributed by atoms with E-state index in [4.69, 9.17) is 9.15 Å². The van der Waals surface area contributed by atoms with Gasteiger partial charge in [0.15, 0.2) is 12.3 Å². The van der Waals surface area contributed by atoms with E-state index < -0.39 is 5.97 Å². The standard InChI is InChI=1S/C19H24N2O5/c1-14(2)9-10-21(11-17-20-16(12-26-17)19(23)24-3)18(22)13-25-15-7-5-4-6-8-15/h4-8,12,14H,9-11,13H2,1-3H3. The van der Waals surface area contributed by atoms with Crippen LogP contribution in [0, 0.1) is 5.92 Å². The SMILES string of the molecule is COC(=O)c1coc(CN(CCC(C)C)C(=O)COc2ccccc2)n1. The summed E-state index contributed by atoms with van der Waals surface area (Å²) in [5, 5.41) is 0. The molecule has 0 saturated carbocycles. The number of rotatable bonds is 9. The number of nitrogens with zero attached hydrogens (tertiary/aromatic N) is 2. The van der Waals surface area contributed by atoms with Gasteiger partial charge < -0.3 is 18.8 Å². The smallest absolute Gasteiger partial charge is 0.360 e. The number of esters is 1. The molecule has 0 spiro atoms. The second-order valence-corrected chi connectivity index (χ2v) is 6.22. The highest BCUT2D eigenvalue weighted by Crippen LogP contribution is 2.12. The van der Waals surface area contributed by atoms with Gasteiger partial charge in [-0.25, -0.2) is 9.78 Å². The number of hydrogen-bond donors (Lipinski definition) is 0. The van der Waals surface area contributed by atoms with E-state index in [0.717, 1.165) is 6.42 Å². The third kappa shape index (κ3) is 5.91. The van der Waals surface area contributed by atoms with Crippen molar-refractivity contribution in [3.05, 3.63) is 48.2 Å². The zero-order valence-corrected chi connectivity index (χ0v) is 15.3. The number of benzene rings is 1. The van der Waals surface area contributed by atoms with E-state index in [-0.39, 0.29) is 30.6 Å². The number of amides is 1. The molecule has 0 bridgehead atoms. The Morgan fingerprint density at radius 2 is 1.96 bits per heavy atom. The van der Waals surface area contributed by atoms with E-state index in [2.05, 4.69) is 23.6 Å². The lowest BCUT2D eigenvalue weighted by atomic mass is 10.1. The molecule has 26 heavy (non-hydrogen) atoms. The Balaban J connectivity index is 2.00. The third-order valence-corrected chi connectivity index (χ3v) is 3.71. The molecule has 0 saturated heterocycles. The lowest BCUT2D eigenvalue weighted by molar-refractivity contribution is -0.134. The molecule has 1 heterocycles. The fourth-order valence-corrected chi connectivity index (χ4v) is 2.20. The highest BCUT2D eigenvalue weighted by atomic mass is 16.5. The minimum Gasteiger partial charge on any atom is -0.484 e. The van der Waals surface area contributed by atoms with E-state index in [1.165, 1.54) is 13.4 Å². The van der Waals surface area contributed by atoms with Crippen molar-refractivity contribution in [2.45, 2.75) is 26.8 Å². The van der Waals surface area contributed by atoms with Gasteiger partial charge in [-0.15, -0.1) is 0 Å². The summed E-state index contributed by atoms with van der Waals surface area (Å²) in [6.45, 7) is 4.81. The van der Waals surface area contributed by atoms with Gasteiger partial charge in [-0.2, -0.15) is 0 Å². The number of oxazole rings is 1. The minimum atomic E-state index is -0.576. The van der Waals surface area contributed by atoms with Gasteiger partial charge in [-0.3, -0.25) is 4.79 Å². The van der Waals surface area contributed by atoms with Crippen LogP contribution in [0.4, 0.5) is 0 Å². The van der Waals surface area contributed by atoms with E-state index >= 15 is 0 Å². The van der Waals surface area contributed by atoms with Crippen LogP contribution in [-0.4, -0.2) is 42.0 Å². The van der Waals surface area contributed by atoms with Gasteiger partial charge in [0.25, 0.3) is 5.91 Å². The van der Waals surface area contributed by atoms with Gasteiger partial charge in [0.05, 0.1) is 13.7 Å². The summed E-state index contributed by atoms with van der Waals surface area (Å²) in [6.07, 6.45) is 2.06. The molecule has 0 radical (unpaired) electrons. The zero-order chi connectivity index (χ0) is 18.9. The van der Waals surface area contributed by atoms with Crippen LogP contribution in [0.3, 0.4) is 0 Å². The van der Waals surface area contributed by atoms with Crippen molar-refractivity contribution in [1.29, 1.82) is 0 Å². The summed E-state index contributed by atoms with van der Waals surface area (Å²) in [5.41, 5.74) is 0.0827. The maximum Gasteiger partial charge on any atom is 0.360 e. The molecule has 1 aromatic heterocycles. The van der Waals surface area contributed by atoms with Crippen molar-refractivity contribution in [1.82, 2.24) is 9.88 Å². The van der Waals surface area contributed by atoms with Gasteiger partial charge >= 0.3 is 5.97 Å². The molecule has 1 aromatic carbocycles. The van der Waals surface area contributed by atoms with Crippen LogP contribution in [0.15, 0.2) is 41.0 Å². The number of hydrogen-bond acceptors (Lipinski definition) is 6. The first-order valence-electron chi connectivity index (χ1n) is 8.48. The number of para-hydroxylation sites is 1. The number of ether oxygens (including phenoxy) is 2. The summed E-state index contributed by atoms with van der Waals surface area (Å²) in [6, 6.07) is 9.16. The second kappa shape index (κ2) is 9.60. The minimum absolute atomic E-state index is 0.0767. The molecule has 0 aliphatic rings. The Bertz CT molecular complexity index is 712. The average molecular weight is 360 g/mol. The summed E-state index contributed by atoms with van der Waals surface area (Å²) < 4.78 is 15.4. The Morgan fingerprint density at radius 3 is 2.62 bits per heavy atom. The Labute approximate surface area is 152 Å². The van der Waals surface area contributed by atoms with Crippen LogP contribution in [-0.2, 0) is 16.1 Å². The van der Waals surface area contributed by atoms with E-state index in [9.17, 15) is 9.59 Å². The first kappa shape index (κ1) is 19.5. The Kier molecular flexibility index (Phi) is 7.20. The largest absolute Gasteiger partial charge is 0.484 e. The van der Waals surface area contributed by atoms with Crippen molar-refractivity contribution >= 4 is 11.9 Å². The molecule has 140 valence electrons. The lowest BCUT2D eigenvalue weighted by Crippen LogP contribution is -2.36. The fourth-order valence-electron chi connectivity index (χ4n) is 2.20. The van der Waals surface area contributed by atoms with E-state index in [0.29, 0.717) is 18.2 Å². The van der Waals surface area contributed by atoms with Crippen molar-refractivity contribution in [3.8, 4) is 5.75 Å². The number of carbonyl (C=O) groups is 2. The van der Waals surface area contributed by atoms with Crippen molar-refractivity contribution in [2.75, 3.05) is 20.3 Å². The Hall–Kier alpha value is -2.83. The van der Waals surface area contributed by atoms with Crippen LogP contribution in [0.25, 0.3) is 0 Å².